The second-order valence-corrected chi connectivity index (χ2v) is 5.00. The quantitative estimate of drug-likeness (QED) is 0.722. The first-order valence-electron chi connectivity index (χ1n) is 6.55. The van der Waals surface area contributed by atoms with Gasteiger partial charge < -0.3 is 16.4 Å². The molecule has 2 amide bonds. The zero-order chi connectivity index (χ0) is 16.0. The Bertz CT molecular complexity index is 521. The van der Waals surface area contributed by atoms with Crippen LogP contribution >= 0.6 is 0 Å². The van der Waals surface area contributed by atoms with Crippen molar-refractivity contribution in [2.45, 2.75) is 26.4 Å². The van der Waals surface area contributed by atoms with Crippen LogP contribution in [0.1, 0.15) is 19.4 Å². The van der Waals surface area contributed by atoms with Crippen LogP contribution in [0.3, 0.4) is 0 Å². The molecule has 5 nitrogen and oxygen atoms in total. The Kier molecular flexibility index (Phi) is 6.23. The van der Waals surface area contributed by atoms with Gasteiger partial charge in [0.25, 0.3) is 0 Å². The Morgan fingerprint density at radius 2 is 1.90 bits per heavy atom. The van der Waals surface area contributed by atoms with E-state index in [4.69, 9.17) is 5.73 Å². The summed E-state index contributed by atoms with van der Waals surface area (Å²) in [4.78, 5) is 23.1. The van der Waals surface area contributed by atoms with E-state index in [1.165, 1.54) is 0 Å². The van der Waals surface area contributed by atoms with Gasteiger partial charge in [0.2, 0.25) is 11.8 Å². The van der Waals surface area contributed by atoms with Gasteiger partial charge in [0.15, 0.2) is 0 Å². The van der Waals surface area contributed by atoms with Crippen molar-refractivity contribution < 1.29 is 18.4 Å². The van der Waals surface area contributed by atoms with E-state index >= 15 is 0 Å². The lowest BCUT2D eigenvalue weighted by Gasteiger charge is -2.15. The molecule has 0 spiro atoms. The Balaban J connectivity index is 2.41. The average Bonchev–Trinajstić information content (AvgIpc) is 2.44. The van der Waals surface area contributed by atoms with Gasteiger partial charge in [-0.25, -0.2) is 8.78 Å². The highest BCUT2D eigenvalue weighted by Gasteiger charge is 2.17. The van der Waals surface area contributed by atoms with Gasteiger partial charge in [-0.1, -0.05) is 13.8 Å². The number of benzene rings is 1. The molecule has 0 saturated heterocycles. The van der Waals surface area contributed by atoms with Crippen molar-refractivity contribution in [1.29, 1.82) is 0 Å². The summed E-state index contributed by atoms with van der Waals surface area (Å²) in [6.07, 6.45) is 0. The van der Waals surface area contributed by atoms with Crippen molar-refractivity contribution in [2.24, 2.45) is 11.7 Å². The zero-order valence-corrected chi connectivity index (χ0v) is 12.0. The molecule has 116 valence electrons. The van der Waals surface area contributed by atoms with Crippen LogP contribution in [0.25, 0.3) is 0 Å². The molecule has 0 aliphatic carbocycles. The Morgan fingerprint density at radius 3 is 2.52 bits per heavy atom. The molecule has 0 unspecified atom stereocenters. The number of amides is 2. The minimum absolute atomic E-state index is 0.0357. The SMILES string of the molecule is CC(C)[C@H](N)C(=O)NCC(=O)NCc1cc(F)ccc1F. The van der Waals surface area contributed by atoms with Gasteiger partial charge in [-0.05, 0) is 24.1 Å². The van der Waals surface area contributed by atoms with Gasteiger partial charge in [0.05, 0.1) is 12.6 Å². The molecular formula is C14H19F2N3O2. The van der Waals surface area contributed by atoms with Gasteiger partial charge in [-0.15, -0.1) is 0 Å². The number of hydrogen-bond acceptors (Lipinski definition) is 3. The fraction of sp³-hybridized carbons (Fsp3) is 0.429. The number of hydrogen-bond donors (Lipinski definition) is 3. The third-order valence-corrected chi connectivity index (χ3v) is 2.93. The molecule has 7 heteroatoms. The summed E-state index contributed by atoms with van der Waals surface area (Å²) < 4.78 is 26.3. The van der Waals surface area contributed by atoms with Crippen LogP contribution in [0.4, 0.5) is 8.78 Å². The zero-order valence-electron chi connectivity index (χ0n) is 12.0. The topological polar surface area (TPSA) is 84.2 Å². The van der Waals surface area contributed by atoms with Crippen molar-refractivity contribution in [2.75, 3.05) is 6.54 Å². The Morgan fingerprint density at radius 1 is 1.24 bits per heavy atom. The van der Waals surface area contributed by atoms with Crippen LogP contribution in [-0.4, -0.2) is 24.4 Å². The van der Waals surface area contributed by atoms with E-state index in [9.17, 15) is 18.4 Å². The van der Waals surface area contributed by atoms with E-state index in [0.717, 1.165) is 18.2 Å². The van der Waals surface area contributed by atoms with E-state index in [2.05, 4.69) is 10.6 Å². The summed E-state index contributed by atoms with van der Waals surface area (Å²) >= 11 is 0. The lowest BCUT2D eigenvalue weighted by Crippen LogP contribution is -2.47. The first-order valence-corrected chi connectivity index (χ1v) is 6.55. The standard InChI is InChI=1S/C14H19F2N3O2/c1-8(2)13(17)14(21)19-7-12(20)18-6-9-5-10(15)3-4-11(9)16/h3-5,8,13H,6-7,17H2,1-2H3,(H,18,20)(H,19,21)/t13-/m0/s1. The van der Waals surface area contributed by atoms with Gasteiger partial charge in [-0.3, -0.25) is 9.59 Å². The summed E-state index contributed by atoms with van der Waals surface area (Å²) in [6, 6.07) is 2.29. The highest BCUT2D eigenvalue weighted by Crippen LogP contribution is 2.08. The maximum absolute atomic E-state index is 13.3. The molecule has 1 aromatic carbocycles. The summed E-state index contributed by atoms with van der Waals surface area (Å²) in [5.41, 5.74) is 5.65. The van der Waals surface area contributed by atoms with Crippen LogP contribution in [0, 0.1) is 17.6 Å². The summed E-state index contributed by atoms with van der Waals surface area (Å²) in [5, 5.41) is 4.77. The smallest absolute Gasteiger partial charge is 0.239 e. The van der Waals surface area contributed by atoms with Crippen molar-refractivity contribution in [3.63, 3.8) is 0 Å². The number of nitrogens with one attached hydrogen (secondary N) is 2. The molecule has 0 fully saturated rings. The maximum atomic E-state index is 13.3. The molecule has 4 N–H and O–H groups in total. The lowest BCUT2D eigenvalue weighted by atomic mass is 10.1. The molecule has 0 bridgehead atoms. The fourth-order valence-corrected chi connectivity index (χ4v) is 1.52. The second-order valence-electron chi connectivity index (χ2n) is 5.00. The van der Waals surface area contributed by atoms with Gasteiger partial charge in [0, 0.05) is 12.1 Å². The summed E-state index contributed by atoms with van der Waals surface area (Å²) in [7, 11) is 0. The molecule has 0 aliphatic heterocycles. The number of carbonyl (C=O) groups is 2. The Labute approximate surface area is 121 Å². The third kappa shape index (κ3) is 5.47. The number of rotatable bonds is 6. The molecule has 21 heavy (non-hydrogen) atoms. The number of halogens is 2. The highest BCUT2D eigenvalue weighted by molar-refractivity contribution is 5.87. The summed E-state index contributed by atoms with van der Waals surface area (Å²) in [5.74, 6) is -2.19. The van der Waals surface area contributed by atoms with Crippen LogP contribution < -0.4 is 16.4 Å². The second kappa shape index (κ2) is 7.68. The minimum Gasteiger partial charge on any atom is -0.350 e. The first-order chi connectivity index (χ1) is 9.81. The van der Waals surface area contributed by atoms with Crippen LogP contribution in [-0.2, 0) is 16.1 Å². The molecule has 0 aliphatic rings. The van der Waals surface area contributed by atoms with Crippen molar-refractivity contribution >= 4 is 11.8 Å². The number of nitrogens with two attached hydrogens (primary N) is 1. The van der Waals surface area contributed by atoms with Gasteiger partial charge in [-0.2, -0.15) is 0 Å². The van der Waals surface area contributed by atoms with Crippen molar-refractivity contribution in [3.8, 4) is 0 Å². The monoisotopic (exact) mass is 299 g/mol. The Hall–Kier alpha value is -2.02. The maximum Gasteiger partial charge on any atom is 0.239 e. The molecule has 0 aromatic heterocycles. The minimum atomic E-state index is -0.696. The van der Waals surface area contributed by atoms with Crippen LogP contribution in [0.15, 0.2) is 18.2 Å². The predicted octanol–water partition coefficient (Wildman–Crippen LogP) is 0.680. The van der Waals surface area contributed by atoms with Gasteiger partial charge in [0.1, 0.15) is 11.6 Å². The molecular weight excluding hydrogens is 280 g/mol. The van der Waals surface area contributed by atoms with Crippen molar-refractivity contribution in [1.82, 2.24) is 10.6 Å². The third-order valence-electron chi connectivity index (χ3n) is 2.93. The van der Waals surface area contributed by atoms with Crippen molar-refractivity contribution in [3.05, 3.63) is 35.4 Å². The molecule has 0 radical (unpaired) electrons. The largest absolute Gasteiger partial charge is 0.350 e. The van der Waals surface area contributed by atoms with Gasteiger partial charge >= 0.3 is 0 Å². The predicted molar refractivity (Wildman–Crippen MR) is 74.0 cm³/mol. The highest BCUT2D eigenvalue weighted by atomic mass is 19.1. The van der Waals surface area contributed by atoms with Crippen LogP contribution in [0.5, 0.6) is 0 Å². The molecule has 1 rings (SSSR count). The summed E-state index contributed by atoms with van der Waals surface area (Å²) in [6.45, 7) is 3.15. The molecule has 1 aromatic rings. The van der Waals surface area contributed by atoms with Crippen LogP contribution in [0.2, 0.25) is 0 Å². The van der Waals surface area contributed by atoms with E-state index in [1.807, 2.05) is 0 Å². The molecule has 0 heterocycles. The lowest BCUT2D eigenvalue weighted by molar-refractivity contribution is -0.127. The van der Waals surface area contributed by atoms with E-state index in [1.54, 1.807) is 13.8 Å². The van der Waals surface area contributed by atoms with E-state index < -0.39 is 29.5 Å². The first kappa shape index (κ1) is 17.0. The van der Waals surface area contributed by atoms with E-state index in [0.29, 0.717) is 0 Å². The fourth-order valence-electron chi connectivity index (χ4n) is 1.52. The normalized spacial score (nSPS) is 12.1. The molecule has 1 atom stereocenters. The number of carbonyl (C=O) groups excluding carboxylic acids is 2. The average molecular weight is 299 g/mol. The van der Waals surface area contributed by atoms with E-state index in [-0.39, 0.29) is 24.6 Å². The molecule has 0 saturated carbocycles.